The second-order valence-corrected chi connectivity index (χ2v) is 5.97. The summed E-state index contributed by atoms with van der Waals surface area (Å²) in [7, 11) is 3.83. The van der Waals surface area contributed by atoms with Gasteiger partial charge in [0.05, 0.1) is 6.67 Å². The molecule has 0 bridgehead atoms. The highest BCUT2D eigenvalue weighted by atomic mass is 32.1. The van der Waals surface area contributed by atoms with Crippen LogP contribution in [0.2, 0.25) is 0 Å². The number of carbonyl (C=O) groups is 1. The number of rotatable bonds is 9. The van der Waals surface area contributed by atoms with E-state index >= 15 is 0 Å². The average molecular weight is 349 g/mol. The number of likely N-dealkylation sites (N-methyl/N-ethyl adjacent to an activating group) is 1. The second-order valence-electron chi connectivity index (χ2n) is 5.61. The van der Waals surface area contributed by atoms with Crippen LogP contribution in [0.1, 0.15) is 12.2 Å². The lowest BCUT2D eigenvalue weighted by molar-refractivity contribution is -0.118. The molecule has 0 fully saturated rings. The smallest absolute Gasteiger partial charge is 0.217 e. The van der Waals surface area contributed by atoms with E-state index in [4.69, 9.17) is 22.7 Å². The molecule has 7 nitrogen and oxygen atoms in total. The minimum atomic E-state index is -0.342. The zero-order chi connectivity index (χ0) is 17.5. The van der Waals surface area contributed by atoms with Gasteiger partial charge in [0.1, 0.15) is 18.2 Å². The van der Waals surface area contributed by atoms with Gasteiger partial charge in [-0.25, -0.2) is 4.68 Å². The summed E-state index contributed by atoms with van der Waals surface area (Å²) in [5.41, 5.74) is 5.19. The molecule has 0 saturated carbocycles. The Kier molecular flexibility index (Phi) is 6.51. The molecule has 1 aromatic carbocycles. The number of carbonyl (C=O) groups excluding carboxylic acids is 1. The van der Waals surface area contributed by atoms with Crippen LogP contribution in [0.25, 0.3) is 0 Å². The Morgan fingerprint density at radius 3 is 2.75 bits per heavy atom. The molecule has 0 aliphatic carbocycles. The highest BCUT2D eigenvalue weighted by molar-refractivity contribution is 7.71. The van der Waals surface area contributed by atoms with Crippen LogP contribution in [0.3, 0.4) is 0 Å². The molecule has 0 aliphatic heterocycles. The molecule has 1 heterocycles. The summed E-state index contributed by atoms with van der Waals surface area (Å²) in [4.78, 5) is 13.0. The third-order valence-corrected chi connectivity index (χ3v) is 4.07. The largest absolute Gasteiger partial charge is 0.492 e. The molecule has 2 aromatic rings. The van der Waals surface area contributed by atoms with E-state index < -0.39 is 0 Å². The van der Waals surface area contributed by atoms with Gasteiger partial charge in [-0.3, -0.25) is 9.69 Å². The van der Waals surface area contributed by atoms with Crippen LogP contribution in [-0.4, -0.2) is 45.4 Å². The number of ether oxygens (including phenoxy) is 1. The van der Waals surface area contributed by atoms with Gasteiger partial charge in [-0.1, -0.05) is 18.2 Å². The van der Waals surface area contributed by atoms with Crippen LogP contribution >= 0.6 is 12.2 Å². The van der Waals surface area contributed by atoms with Crippen molar-refractivity contribution in [2.75, 3.05) is 20.2 Å². The average Bonchev–Trinajstić information content (AvgIpc) is 2.82. The van der Waals surface area contributed by atoms with Gasteiger partial charge >= 0.3 is 0 Å². The van der Waals surface area contributed by atoms with Crippen molar-refractivity contribution in [3.63, 3.8) is 0 Å². The first-order chi connectivity index (χ1) is 11.5. The maximum atomic E-state index is 10.9. The summed E-state index contributed by atoms with van der Waals surface area (Å²) in [6.45, 7) is 1.88. The van der Waals surface area contributed by atoms with Crippen LogP contribution < -0.4 is 10.5 Å². The Bertz CT molecular complexity index is 726. The molecule has 24 heavy (non-hydrogen) atoms. The van der Waals surface area contributed by atoms with Crippen LogP contribution in [0.4, 0.5) is 0 Å². The van der Waals surface area contributed by atoms with Gasteiger partial charge in [0, 0.05) is 26.4 Å². The maximum Gasteiger partial charge on any atom is 0.217 e. The van der Waals surface area contributed by atoms with Crippen molar-refractivity contribution in [2.24, 2.45) is 12.8 Å². The Hall–Kier alpha value is -2.19. The van der Waals surface area contributed by atoms with E-state index in [0.717, 1.165) is 18.1 Å². The van der Waals surface area contributed by atoms with E-state index in [1.807, 2.05) is 49.0 Å². The number of hydrogen-bond donors (Lipinski definition) is 1. The van der Waals surface area contributed by atoms with Crippen molar-refractivity contribution in [1.82, 2.24) is 19.2 Å². The molecule has 0 aliphatic rings. The number of nitrogens with two attached hydrogens (primary N) is 1. The molecule has 0 radical (unpaired) electrons. The number of hydrogen-bond acceptors (Lipinski definition) is 5. The summed E-state index contributed by atoms with van der Waals surface area (Å²) in [5, 5.41) is 4.47. The van der Waals surface area contributed by atoms with E-state index in [1.165, 1.54) is 0 Å². The number of nitrogens with zero attached hydrogens (tertiary/aromatic N) is 4. The van der Waals surface area contributed by atoms with E-state index in [-0.39, 0.29) is 12.3 Å². The summed E-state index contributed by atoms with van der Waals surface area (Å²) in [6.07, 6.45) is 0.754. The molecule has 0 atom stereocenters. The van der Waals surface area contributed by atoms with Gasteiger partial charge in [0.15, 0.2) is 4.77 Å². The van der Waals surface area contributed by atoms with Crippen molar-refractivity contribution in [3.8, 4) is 5.75 Å². The monoisotopic (exact) mass is 349 g/mol. The van der Waals surface area contributed by atoms with Gasteiger partial charge in [0.2, 0.25) is 5.91 Å². The van der Waals surface area contributed by atoms with Crippen molar-refractivity contribution >= 4 is 18.1 Å². The first kappa shape index (κ1) is 18.2. The highest BCUT2D eigenvalue weighted by Crippen LogP contribution is 2.08. The molecular weight excluding hydrogens is 326 g/mol. The SMILES string of the molecule is CN(CCOc1ccccc1)Cn1nc(CCC(N)=O)n(C)c1=S. The lowest BCUT2D eigenvalue weighted by atomic mass is 10.3. The quantitative estimate of drug-likeness (QED) is 0.691. The van der Waals surface area contributed by atoms with Gasteiger partial charge < -0.3 is 15.0 Å². The second kappa shape index (κ2) is 8.60. The molecule has 1 aromatic heterocycles. The van der Waals surface area contributed by atoms with Crippen LogP contribution in [0, 0.1) is 4.77 Å². The topological polar surface area (TPSA) is 78.3 Å². The van der Waals surface area contributed by atoms with Crippen LogP contribution in [0.5, 0.6) is 5.75 Å². The molecule has 2 rings (SSSR count). The van der Waals surface area contributed by atoms with Gasteiger partial charge in [-0.05, 0) is 31.4 Å². The Morgan fingerprint density at radius 2 is 2.08 bits per heavy atom. The summed E-state index contributed by atoms with van der Waals surface area (Å²) in [5.74, 6) is 1.27. The normalized spacial score (nSPS) is 11.0. The summed E-state index contributed by atoms with van der Waals surface area (Å²) < 4.78 is 9.86. The van der Waals surface area contributed by atoms with Gasteiger partial charge in [-0.2, -0.15) is 5.10 Å². The van der Waals surface area contributed by atoms with Crippen molar-refractivity contribution in [3.05, 3.63) is 40.9 Å². The number of aryl methyl sites for hydroxylation is 1. The zero-order valence-electron chi connectivity index (χ0n) is 14.0. The minimum Gasteiger partial charge on any atom is -0.492 e. The molecule has 2 N–H and O–H groups in total. The first-order valence-corrected chi connectivity index (χ1v) is 8.15. The Balaban J connectivity index is 1.87. The van der Waals surface area contributed by atoms with E-state index in [0.29, 0.717) is 24.5 Å². The number of benzene rings is 1. The highest BCUT2D eigenvalue weighted by Gasteiger charge is 2.10. The maximum absolute atomic E-state index is 10.9. The lowest BCUT2D eigenvalue weighted by Crippen LogP contribution is -2.27. The van der Waals surface area contributed by atoms with Crippen molar-refractivity contribution < 1.29 is 9.53 Å². The van der Waals surface area contributed by atoms with Gasteiger partial charge in [0.25, 0.3) is 0 Å². The Labute approximate surface area is 146 Å². The third kappa shape index (κ3) is 5.17. The molecule has 130 valence electrons. The molecule has 8 heteroatoms. The van der Waals surface area contributed by atoms with Crippen molar-refractivity contribution in [2.45, 2.75) is 19.5 Å². The fourth-order valence-electron chi connectivity index (χ4n) is 2.21. The molecular formula is C16H23N5O2S. The Morgan fingerprint density at radius 1 is 1.38 bits per heavy atom. The number of aromatic nitrogens is 3. The third-order valence-electron chi connectivity index (χ3n) is 3.59. The standard InChI is InChI=1S/C16H23N5O2S/c1-19(10-11-23-13-6-4-3-5-7-13)12-21-16(24)20(2)15(18-21)9-8-14(17)22/h3-7H,8-12H2,1-2H3,(H2,17,22). The minimum absolute atomic E-state index is 0.264. The molecule has 0 spiro atoms. The van der Waals surface area contributed by atoms with Crippen LogP contribution in [0.15, 0.2) is 30.3 Å². The van der Waals surface area contributed by atoms with E-state index in [1.54, 1.807) is 4.68 Å². The van der Waals surface area contributed by atoms with Crippen molar-refractivity contribution in [1.29, 1.82) is 0 Å². The van der Waals surface area contributed by atoms with Crippen LogP contribution in [-0.2, 0) is 24.9 Å². The van der Waals surface area contributed by atoms with E-state index in [9.17, 15) is 4.79 Å². The molecule has 0 unspecified atom stereocenters. The number of primary amides is 1. The molecule has 0 saturated heterocycles. The predicted molar refractivity (Wildman–Crippen MR) is 94.1 cm³/mol. The zero-order valence-corrected chi connectivity index (χ0v) is 14.8. The molecule has 1 amide bonds. The van der Waals surface area contributed by atoms with Gasteiger partial charge in [-0.15, -0.1) is 0 Å². The fraction of sp³-hybridized carbons (Fsp3) is 0.438. The number of amides is 1. The van der Waals surface area contributed by atoms with E-state index in [2.05, 4.69) is 10.00 Å². The summed E-state index contributed by atoms with van der Waals surface area (Å²) >= 11 is 5.39. The first-order valence-electron chi connectivity index (χ1n) is 7.75. The lowest BCUT2D eigenvalue weighted by Gasteiger charge is -2.16. The predicted octanol–water partition coefficient (Wildman–Crippen LogP) is 1.34. The summed E-state index contributed by atoms with van der Waals surface area (Å²) in [6, 6.07) is 9.71. The number of para-hydroxylation sites is 1. The fourth-order valence-corrected chi connectivity index (χ4v) is 2.42.